The number of aliphatic imine (C=N–C) groups is 1. The molecular formula is C23H35N3. The Labute approximate surface area is 159 Å². The van der Waals surface area contributed by atoms with Crippen LogP contribution in [0.3, 0.4) is 0 Å². The number of hydrogen-bond donors (Lipinski definition) is 2. The number of allylic oxidation sites excluding steroid dienone is 1. The van der Waals surface area contributed by atoms with Gasteiger partial charge in [-0.05, 0) is 43.7 Å². The second-order valence-electron chi connectivity index (χ2n) is 7.53. The highest BCUT2D eigenvalue weighted by Crippen LogP contribution is 2.20. The Morgan fingerprint density at radius 1 is 1.23 bits per heavy atom. The molecule has 1 aliphatic carbocycles. The molecule has 2 rings (SSSR count). The lowest BCUT2D eigenvalue weighted by Gasteiger charge is -2.24. The second kappa shape index (κ2) is 10.2. The predicted octanol–water partition coefficient (Wildman–Crippen LogP) is 4.90. The quantitative estimate of drug-likeness (QED) is 0.377. The molecule has 1 aromatic rings. The Bertz CT molecular complexity index is 651. The lowest BCUT2D eigenvalue weighted by molar-refractivity contribution is 0.393. The summed E-state index contributed by atoms with van der Waals surface area (Å²) in [7, 11) is 0. The van der Waals surface area contributed by atoms with Crippen molar-refractivity contribution in [1.29, 1.82) is 0 Å². The molecule has 0 atom stereocenters. The van der Waals surface area contributed by atoms with E-state index >= 15 is 0 Å². The summed E-state index contributed by atoms with van der Waals surface area (Å²) < 4.78 is 0. The Balaban J connectivity index is 1.98. The first-order valence-corrected chi connectivity index (χ1v) is 10.0. The fraction of sp³-hybridized carbons (Fsp3) is 0.522. The first kappa shape index (κ1) is 20.3. The number of hydrogen-bond acceptors (Lipinski definition) is 2. The second-order valence-corrected chi connectivity index (χ2v) is 7.53. The summed E-state index contributed by atoms with van der Waals surface area (Å²) in [6.45, 7) is 13.1. The highest BCUT2D eigenvalue weighted by atomic mass is 14.9. The number of nitrogens with two attached hydrogens (primary N) is 1. The molecule has 26 heavy (non-hydrogen) atoms. The van der Waals surface area contributed by atoms with E-state index in [4.69, 9.17) is 5.73 Å². The van der Waals surface area contributed by atoms with E-state index in [1.54, 1.807) is 0 Å². The van der Waals surface area contributed by atoms with Crippen molar-refractivity contribution in [2.75, 3.05) is 6.54 Å². The van der Waals surface area contributed by atoms with Gasteiger partial charge >= 0.3 is 0 Å². The number of rotatable bonds is 9. The normalized spacial score (nSPS) is 15.7. The maximum absolute atomic E-state index is 6.34. The zero-order valence-electron chi connectivity index (χ0n) is 16.6. The first-order chi connectivity index (χ1) is 12.5. The van der Waals surface area contributed by atoms with Gasteiger partial charge in [0.05, 0.1) is 0 Å². The minimum absolute atomic E-state index is 0.598. The van der Waals surface area contributed by atoms with Gasteiger partial charge in [0, 0.05) is 30.3 Å². The van der Waals surface area contributed by atoms with E-state index in [9.17, 15) is 0 Å². The van der Waals surface area contributed by atoms with Crippen LogP contribution in [0.5, 0.6) is 0 Å². The molecular weight excluding hydrogens is 318 g/mol. The fourth-order valence-electron chi connectivity index (χ4n) is 3.72. The summed E-state index contributed by atoms with van der Waals surface area (Å²) in [4.78, 5) is 4.63. The molecule has 0 bridgehead atoms. The molecule has 1 fully saturated rings. The van der Waals surface area contributed by atoms with Gasteiger partial charge in [0.2, 0.25) is 0 Å². The van der Waals surface area contributed by atoms with Crippen molar-refractivity contribution < 1.29 is 0 Å². The molecule has 0 saturated heterocycles. The van der Waals surface area contributed by atoms with Gasteiger partial charge < -0.3 is 11.1 Å². The third-order valence-electron chi connectivity index (χ3n) is 5.12. The van der Waals surface area contributed by atoms with Crippen LogP contribution in [0.15, 0.2) is 47.6 Å². The van der Waals surface area contributed by atoms with Crippen molar-refractivity contribution in [3.63, 3.8) is 0 Å². The summed E-state index contributed by atoms with van der Waals surface area (Å²) in [5, 5.41) is 3.57. The number of nitrogens with zero attached hydrogens (tertiary/aromatic N) is 1. The summed E-state index contributed by atoms with van der Waals surface area (Å²) in [6.07, 6.45) is 9.23. The van der Waals surface area contributed by atoms with Crippen LogP contribution in [-0.2, 0) is 12.8 Å². The highest BCUT2D eigenvalue weighted by Gasteiger charge is 2.13. The van der Waals surface area contributed by atoms with Gasteiger partial charge in [-0.25, -0.2) is 0 Å². The molecule has 1 aromatic carbocycles. The standard InChI is InChI=1S/C23H35N3/c1-5-19-10-9-13-21(22(19)16-17(2)3)23(24)25-15-14-18(4)26-20-11-7-6-8-12-20/h9-10,13,20,26H,2,4-8,11-12,14-16H2,1,3H3,(H2,24,25). The van der Waals surface area contributed by atoms with Crippen LogP contribution >= 0.6 is 0 Å². The van der Waals surface area contributed by atoms with Gasteiger partial charge in [-0.2, -0.15) is 0 Å². The third-order valence-corrected chi connectivity index (χ3v) is 5.12. The lowest BCUT2D eigenvalue weighted by atomic mass is 9.93. The van der Waals surface area contributed by atoms with E-state index in [2.05, 4.69) is 55.5 Å². The molecule has 0 heterocycles. The van der Waals surface area contributed by atoms with Crippen molar-refractivity contribution in [2.45, 2.75) is 71.3 Å². The molecule has 0 aromatic heterocycles. The van der Waals surface area contributed by atoms with Gasteiger partial charge in [0.1, 0.15) is 5.84 Å². The molecule has 3 heteroatoms. The molecule has 0 amide bonds. The number of aryl methyl sites for hydroxylation is 1. The van der Waals surface area contributed by atoms with Gasteiger partial charge in [0.15, 0.2) is 0 Å². The van der Waals surface area contributed by atoms with Gasteiger partial charge in [-0.3, -0.25) is 4.99 Å². The predicted molar refractivity (Wildman–Crippen MR) is 114 cm³/mol. The molecule has 0 unspecified atom stereocenters. The lowest BCUT2D eigenvalue weighted by Crippen LogP contribution is -2.30. The Kier molecular flexibility index (Phi) is 7.96. The molecule has 3 nitrogen and oxygen atoms in total. The number of amidine groups is 1. The molecule has 0 spiro atoms. The first-order valence-electron chi connectivity index (χ1n) is 10.0. The van der Waals surface area contributed by atoms with E-state index in [1.165, 1.54) is 43.2 Å². The van der Waals surface area contributed by atoms with Crippen LogP contribution in [0.1, 0.15) is 69.1 Å². The van der Waals surface area contributed by atoms with Crippen molar-refractivity contribution in [3.05, 3.63) is 59.3 Å². The topological polar surface area (TPSA) is 50.4 Å². The fourth-order valence-corrected chi connectivity index (χ4v) is 3.72. The zero-order chi connectivity index (χ0) is 18.9. The molecule has 0 aliphatic heterocycles. The summed E-state index contributed by atoms with van der Waals surface area (Å²) in [5.74, 6) is 0.627. The van der Waals surface area contributed by atoms with Crippen molar-refractivity contribution in [2.24, 2.45) is 10.7 Å². The van der Waals surface area contributed by atoms with Crippen molar-refractivity contribution >= 4 is 5.84 Å². The van der Waals surface area contributed by atoms with E-state index in [1.807, 2.05) is 0 Å². The average molecular weight is 354 g/mol. The molecule has 3 N–H and O–H groups in total. The molecule has 1 aliphatic rings. The zero-order valence-corrected chi connectivity index (χ0v) is 16.6. The maximum atomic E-state index is 6.34. The molecule has 1 saturated carbocycles. The Morgan fingerprint density at radius 3 is 2.62 bits per heavy atom. The molecule has 142 valence electrons. The van der Waals surface area contributed by atoms with Crippen LogP contribution < -0.4 is 11.1 Å². The van der Waals surface area contributed by atoms with Gasteiger partial charge in [-0.15, -0.1) is 0 Å². The minimum Gasteiger partial charge on any atom is -0.386 e. The average Bonchev–Trinajstić information content (AvgIpc) is 2.62. The van der Waals surface area contributed by atoms with E-state index < -0.39 is 0 Å². The minimum atomic E-state index is 0.598. The smallest absolute Gasteiger partial charge is 0.125 e. The Morgan fingerprint density at radius 2 is 1.96 bits per heavy atom. The van der Waals surface area contributed by atoms with Crippen LogP contribution in [-0.4, -0.2) is 18.4 Å². The van der Waals surface area contributed by atoms with Crippen LogP contribution in [0.4, 0.5) is 0 Å². The van der Waals surface area contributed by atoms with Crippen LogP contribution in [0.2, 0.25) is 0 Å². The van der Waals surface area contributed by atoms with Crippen molar-refractivity contribution in [1.82, 2.24) is 5.32 Å². The number of nitrogens with one attached hydrogen (secondary N) is 1. The van der Waals surface area contributed by atoms with E-state index in [0.29, 0.717) is 18.4 Å². The molecule has 0 radical (unpaired) electrons. The third kappa shape index (κ3) is 6.05. The van der Waals surface area contributed by atoms with Crippen LogP contribution in [0.25, 0.3) is 0 Å². The largest absolute Gasteiger partial charge is 0.386 e. The maximum Gasteiger partial charge on any atom is 0.125 e. The number of benzene rings is 1. The summed E-state index contributed by atoms with van der Waals surface area (Å²) in [6, 6.07) is 6.92. The summed E-state index contributed by atoms with van der Waals surface area (Å²) in [5.41, 5.74) is 12.2. The highest BCUT2D eigenvalue weighted by molar-refractivity contribution is 5.99. The van der Waals surface area contributed by atoms with Gasteiger partial charge in [-0.1, -0.05) is 63.1 Å². The van der Waals surface area contributed by atoms with Crippen molar-refractivity contribution in [3.8, 4) is 0 Å². The van der Waals surface area contributed by atoms with Gasteiger partial charge in [0.25, 0.3) is 0 Å². The van der Waals surface area contributed by atoms with Crippen LogP contribution in [0, 0.1) is 0 Å². The van der Waals surface area contributed by atoms with E-state index in [0.717, 1.165) is 36.1 Å². The monoisotopic (exact) mass is 353 g/mol. The SMILES string of the molecule is C=C(C)Cc1c(CC)cccc1C(N)=NCCC(=C)NC1CCCCC1. The van der Waals surface area contributed by atoms with E-state index in [-0.39, 0.29) is 0 Å². The Hall–Kier alpha value is -2.03. The summed E-state index contributed by atoms with van der Waals surface area (Å²) >= 11 is 0.